The molecule has 19 heavy (non-hydrogen) atoms. The third-order valence-electron chi connectivity index (χ3n) is 3.29. The number of para-hydroxylation sites is 1. The average molecular weight is 256 g/mol. The van der Waals surface area contributed by atoms with E-state index in [2.05, 4.69) is 36.3 Å². The molecular weight excluding hydrogens is 236 g/mol. The molecule has 0 fully saturated rings. The highest BCUT2D eigenvalue weighted by molar-refractivity contribution is 5.35. The van der Waals surface area contributed by atoms with Crippen molar-refractivity contribution < 1.29 is 4.74 Å². The number of methoxy groups -OCH3 is 1. The molecule has 1 N–H and O–H groups in total. The summed E-state index contributed by atoms with van der Waals surface area (Å²) in [6.07, 6.45) is 3.69. The molecule has 0 bridgehead atoms. The lowest BCUT2D eigenvalue weighted by molar-refractivity contribution is 0.396. The summed E-state index contributed by atoms with van der Waals surface area (Å²) in [5, 5.41) is 3.57. The van der Waals surface area contributed by atoms with E-state index >= 15 is 0 Å². The topological polar surface area (TPSA) is 34.1 Å². The van der Waals surface area contributed by atoms with Gasteiger partial charge >= 0.3 is 0 Å². The predicted molar refractivity (Wildman–Crippen MR) is 77.2 cm³/mol. The minimum Gasteiger partial charge on any atom is -0.496 e. The maximum atomic E-state index is 5.40. The summed E-state index contributed by atoms with van der Waals surface area (Å²) in [5.74, 6) is 0.917. The van der Waals surface area contributed by atoms with E-state index in [1.165, 1.54) is 11.1 Å². The van der Waals surface area contributed by atoms with Gasteiger partial charge in [-0.2, -0.15) is 0 Å². The van der Waals surface area contributed by atoms with E-state index < -0.39 is 0 Å². The summed E-state index contributed by atoms with van der Waals surface area (Å²) in [5.41, 5.74) is 2.35. The molecule has 2 atom stereocenters. The van der Waals surface area contributed by atoms with Gasteiger partial charge in [-0.25, -0.2) is 0 Å². The molecule has 1 unspecified atom stereocenters. The van der Waals surface area contributed by atoms with Gasteiger partial charge in [0.05, 0.1) is 7.11 Å². The number of nitrogens with one attached hydrogen (secondary N) is 1. The van der Waals surface area contributed by atoms with E-state index in [4.69, 9.17) is 4.74 Å². The van der Waals surface area contributed by atoms with E-state index in [0.717, 1.165) is 5.75 Å². The molecule has 0 spiro atoms. The van der Waals surface area contributed by atoms with Crippen LogP contribution in [0, 0.1) is 0 Å². The minimum atomic E-state index is 0.214. The molecule has 0 aliphatic heterocycles. The molecule has 0 amide bonds. The van der Waals surface area contributed by atoms with Gasteiger partial charge in [-0.05, 0) is 31.5 Å². The van der Waals surface area contributed by atoms with E-state index in [1.807, 2.05) is 30.5 Å². The van der Waals surface area contributed by atoms with Crippen molar-refractivity contribution in [2.24, 2.45) is 0 Å². The number of benzene rings is 1. The summed E-state index contributed by atoms with van der Waals surface area (Å²) in [6.45, 7) is 4.29. The third kappa shape index (κ3) is 3.32. The van der Waals surface area contributed by atoms with Crippen LogP contribution in [0.15, 0.2) is 48.8 Å². The minimum absolute atomic E-state index is 0.214. The molecule has 0 saturated carbocycles. The van der Waals surface area contributed by atoms with Crippen molar-refractivity contribution >= 4 is 0 Å². The van der Waals surface area contributed by atoms with Crippen LogP contribution in [-0.2, 0) is 0 Å². The van der Waals surface area contributed by atoms with Crippen LogP contribution in [0.25, 0.3) is 0 Å². The lowest BCUT2D eigenvalue weighted by Gasteiger charge is -2.22. The molecule has 1 aromatic heterocycles. The Morgan fingerprint density at radius 1 is 1.05 bits per heavy atom. The molecule has 3 nitrogen and oxygen atoms in total. The van der Waals surface area contributed by atoms with Crippen LogP contribution in [0.2, 0.25) is 0 Å². The fourth-order valence-corrected chi connectivity index (χ4v) is 2.22. The Labute approximate surface area is 114 Å². The molecule has 0 radical (unpaired) electrons. The Hall–Kier alpha value is -1.87. The zero-order valence-corrected chi connectivity index (χ0v) is 11.6. The first kappa shape index (κ1) is 13.6. The first-order valence-electron chi connectivity index (χ1n) is 6.51. The monoisotopic (exact) mass is 256 g/mol. The standard InChI is InChI=1S/C16H20N2O/c1-12(14-7-6-10-17-11-14)18-13(2)15-8-4-5-9-16(15)19-3/h4-13,18H,1-3H3/t12-,13?/m0/s1. The maximum absolute atomic E-state index is 5.40. The molecule has 2 aromatic rings. The fourth-order valence-electron chi connectivity index (χ4n) is 2.22. The normalized spacial score (nSPS) is 13.8. The molecule has 1 aromatic carbocycles. The van der Waals surface area contributed by atoms with Crippen LogP contribution in [-0.4, -0.2) is 12.1 Å². The number of ether oxygens (including phenoxy) is 1. The summed E-state index contributed by atoms with van der Waals surface area (Å²) in [7, 11) is 1.70. The quantitative estimate of drug-likeness (QED) is 0.889. The van der Waals surface area contributed by atoms with Gasteiger partial charge in [0.1, 0.15) is 5.75 Å². The van der Waals surface area contributed by atoms with Gasteiger partial charge in [-0.1, -0.05) is 24.3 Å². The van der Waals surface area contributed by atoms with Crippen LogP contribution in [0.1, 0.15) is 37.1 Å². The van der Waals surface area contributed by atoms with Gasteiger partial charge in [0.25, 0.3) is 0 Å². The molecular formula is C16H20N2O. The number of pyridine rings is 1. The van der Waals surface area contributed by atoms with Gasteiger partial charge in [-0.15, -0.1) is 0 Å². The van der Waals surface area contributed by atoms with Crippen LogP contribution in [0.4, 0.5) is 0 Å². The van der Waals surface area contributed by atoms with Crippen molar-refractivity contribution in [2.75, 3.05) is 7.11 Å². The maximum Gasteiger partial charge on any atom is 0.123 e. The van der Waals surface area contributed by atoms with Crippen molar-refractivity contribution in [1.82, 2.24) is 10.3 Å². The molecule has 100 valence electrons. The van der Waals surface area contributed by atoms with Crippen molar-refractivity contribution in [2.45, 2.75) is 25.9 Å². The van der Waals surface area contributed by atoms with Gasteiger partial charge in [0.15, 0.2) is 0 Å². The average Bonchev–Trinajstić information content (AvgIpc) is 2.48. The van der Waals surface area contributed by atoms with Gasteiger partial charge in [0, 0.05) is 30.0 Å². The largest absolute Gasteiger partial charge is 0.496 e. The van der Waals surface area contributed by atoms with Gasteiger partial charge in [-0.3, -0.25) is 4.98 Å². The molecule has 0 saturated heterocycles. The number of hydrogen-bond donors (Lipinski definition) is 1. The summed E-state index contributed by atoms with van der Waals surface area (Å²) in [4.78, 5) is 4.15. The smallest absolute Gasteiger partial charge is 0.123 e. The Balaban J connectivity index is 2.11. The number of nitrogens with zero attached hydrogens (tertiary/aromatic N) is 1. The second-order valence-corrected chi connectivity index (χ2v) is 4.64. The van der Waals surface area contributed by atoms with E-state index in [9.17, 15) is 0 Å². The number of rotatable bonds is 5. The van der Waals surface area contributed by atoms with Crippen molar-refractivity contribution in [3.05, 3.63) is 59.9 Å². The second kappa shape index (κ2) is 6.34. The molecule has 2 rings (SSSR count). The van der Waals surface area contributed by atoms with Gasteiger partial charge < -0.3 is 10.1 Å². The van der Waals surface area contributed by atoms with E-state index in [1.54, 1.807) is 13.3 Å². The van der Waals surface area contributed by atoms with Crippen molar-refractivity contribution in [3.8, 4) is 5.75 Å². The van der Waals surface area contributed by atoms with Crippen LogP contribution >= 0.6 is 0 Å². The van der Waals surface area contributed by atoms with Crippen molar-refractivity contribution in [1.29, 1.82) is 0 Å². The Morgan fingerprint density at radius 3 is 2.53 bits per heavy atom. The van der Waals surface area contributed by atoms with Crippen LogP contribution < -0.4 is 10.1 Å². The summed E-state index contributed by atoms with van der Waals surface area (Å²) in [6, 6.07) is 12.6. The highest BCUT2D eigenvalue weighted by Gasteiger charge is 2.14. The molecule has 3 heteroatoms. The summed E-state index contributed by atoms with van der Waals surface area (Å²) < 4.78 is 5.40. The second-order valence-electron chi connectivity index (χ2n) is 4.64. The highest BCUT2D eigenvalue weighted by Crippen LogP contribution is 2.26. The van der Waals surface area contributed by atoms with E-state index in [0.29, 0.717) is 0 Å². The Morgan fingerprint density at radius 2 is 1.84 bits per heavy atom. The highest BCUT2D eigenvalue weighted by atomic mass is 16.5. The SMILES string of the molecule is COc1ccccc1C(C)N[C@@H](C)c1cccnc1. The Bertz CT molecular complexity index is 513. The molecule has 0 aliphatic carbocycles. The lowest BCUT2D eigenvalue weighted by atomic mass is 10.0. The molecule has 1 heterocycles. The summed E-state index contributed by atoms with van der Waals surface area (Å²) >= 11 is 0. The Kier molecular flexibility index (Phi) is 4.53. The van der Waals surface area contributed by atoms with Crippen LogP contribution in [0.3, 0.4) is 0 Å². The van der Waals surface area contributed by atoms with E-state index in [-0.39, 0.29) is 12.1 Å². The number of aromatic nitrogens is 1. The predicted octanol–water partition coefficient (Wildman–Crippen LogP) is 3.50. The van der Waals surface area contributed by atoms with Crippen LogP contribution in [0.5, 0.6) is 5.75 Å². The zero-order valence-electron chi connectivity index (χ0n) is 11.6. The zero-order chi connectivity index (χ0) is 13.7. The fraction of sp³-hybridized carbons (Fsp3) is 0.312. The third-order valence-corrected chi connectivity index (χ3v) is 3.29. The first-order chi connectivity index (χ1) is 9.22. The first-order valence-corrected chi connectivity index (χ1v) is 6.51. The van der Waals surface area contributed by atoms with Gasteiger partial charge in [0.2, 0.25) is 0 Å². The molecule has 0 aliphatic rings. The number of hydrogen-bond acceptors (Lipinski definition) is 3. The lowest BCUT2D eigenvalue weighted by Crippen LogP contribution is -2.23. The van der Waals surface area contributed by atoms with Crippen molar-refractivity contribution in [3.63, 3.8) is 0 Å².